The van der Waals surface area contributed by atoms with Crippen molar-refractivity contribution >= 4 is 0 Å². The van der Waals surface area contributed by atoms with Gasteiger partial charge in [-0.05, 0) is 12.5 Å². The molecule has 1 aliphatic heterocycles. The van der Waals surface area contributed by atoms with E-state index in [-0.39, 0.29) is 6.04 Å². The maximum Gasteiger partial charge on any atom is 0.117 e. The molecule has 0 amide bonds. The van der Waals surface area contributed by atoms with Crippen LogP contribution in [0.15, 0.2) is 30.3 Å². The Balaban J connectivity index is 2.31. The van der Waals surface area contributed by atoms with Crippen molar-refractivity contribution in [1.29, 1.82) is 0 Å². The molecule has 12 heavy (non-hydrogen) atoms. The average Bonchev–Trinajstić information content (AvgIpc) is 2.16. The first-order valence-corrected chi connectivity index (χ1v) is 4.25. The van der Waals surface area contributed by atoms with Gasteiger partial charge in [-0.15, -0.1) is 0 Å². The lowest BCUT2D eigenvalue weighted by molar-refractivity contribution is -0.0567. The van der Waals surface area contributed by atoms with E-state index in [0.29, 0.717) is 6.54 Å². The summed E-state index contributed by atoms with van der Waals surface area (Å²) in [5, 5.41) is 13.2. The molecule has 2 nitrogen and oxygen atoms in total. The Morgan fingerprint density at radius 2 is 2.08 bits per heavy atom. The van der Waals surface area contributed by atoms with Gasteiger partial charge in [0.05, 0.1) is 0 Å². The Labute approximate surface area is 72.2 Å². The average molecular weight is 163 g/mol. The monoisotopic (exact) mass is 163 g/mol. The molecule has 1 saturated heterocycles. The zero-order valence-electron chi connectivity index (χ0n) is 7.12. The molecule has 0 aliphatic carbocycles. The maximum absolute atomic E-state index is 10.1. The summed E-state index contributed by atoms with van der Waals surface area (Å²) in [6, 6.07) is 9.98. The molecule has 64 valence electrons. The largest absolute Gasteiger partial charge is 0.382 e. The number of benzene rings is 1. The van der Waals surface area contributed by atoms with Crippen molar-refractivity contribution in [1.82, 2.24) is 5.32 Å². The fourth-order valence-electron chi connectivity index (χ4n) is 1.58. The van der Waals surface area contributed by atoms with Crippen molar-refractivity contribution in [2.24, 2.45) is 0 Å². The predicted molar refractivity (Wildman–Crippen MR) is 47.8 cm³/mol. The van der Waals surface area contributed by atoms with Crippen molar-refractivity contribution in [3.63, 3.8) is 0 Å². The highest BCUT2D eigenvalue weighted by Crippen LogP contribution is 2.30. The number of rotatable bonds is 1. The maximum atomic E-state index is 10.1. The second kappa shape index (κ2) is 2.57. The molecule has 0 aromatic heterocycles. The zero-order valence-corrected chi connectivity index (χ0v) is 7.12. The summed E-state index contributed by atoms with van der Waals surface area (Å²) in [6.45, 7) is 2.66. The van der Waals surface area contributed by atoms with E-state index in [2.05, 4.69) is 5.32 Å². The first kappa shape index (κ1) is 7.77. The molecular weight excluding hydrogens is 150 g/mol. The molecule has 2 N–H and O–H groups in total. The summed E-state index contributed by atoms with van der Waals surface area (Å²) in [4.78, 5) is 0. The highest BCUT2D eigenvalue weighted by Gasteiger charge is 2.43. The molecule has 1 fully saturated rings. The standard InChI is InChI=1S/C10H13NO/c1-8-10(12,7-11-8)9-5-3-2-4-6-9/h2-6,8,11-12H,7H2,1H3. The van der Waals surface area contributed by atoms with Crippen LogP contribution in [0.25, 0.3) is 0 Å². The van der Waals surface area contributed by atoms with Crippen LogP contribution in [0.5, 0.6) is 0 Å². The number of aliphatic hydroxyl groups is 1. The minimum atomic E-state index is -0.638. The van der Waals surface area contributed by atoms with Crippen LogP contribution in [0.4, 0.5) is 0 Å². The van der Waals surface area contributed by atoms with Gasteiger partial charge in [0.25, 0.3) is 0 Å². The van der Waals surface area contributed by atoms with Gasteiger partial charge >= 0.3 is 0 Å². The fraction of sp³-hybridized carbons (Fsp3) is 0.400. The molecular formula is C10H13NO. The van der Waals surface area contributed by atoms with Gasteiger partial charge in [0.1, 0.15) is 5.60 Å². The van der Waals surface area contributed by atoms with Gasteiger partial charge in [-0.2, -0.15) is 0 Å². The van der Waals surface area contributed by atoms with Crippen LogP contribution in [-0.4, -0.2) is 17.7 Å². The van der Waals surface area contributed by atoms with Crippen LogP contribution in [0, 0.1) is 0 Å². The smallest absolute Gasteiger partial charge is 0.117 e. The lowest BCUT2D eigenvalue weighted by atomic mass is 9.81. The Kier molecular flexibility index (Phi) is 1.67. The van der Waals surface area contributed by atoms with Crippen LogP contribution in [0.3, 0.4) is 0 Å². The van der Waals surface area contributed by atoms with Gasteiger partial charge in [0.15, 0.2) is 0 Å². The molecule has 1 heterocycles. The third-order valence-corrected chi connectivity index (χ3v) is 2.67. The van der Waals surface area contributed by atoms with Gasteiger partial charge in [-0.25, -0.2) is 0 Å². The number of nitrogens with one attached hydrogen (secondary N) is 1. The summed E-state index contributed by atoms with van der Waals surface area (Å²) in [5.74, 6) is 0. The van der Waals surface area contributed by atoms with Crippen molar-refractivity contribution in [2.45, 2.75) is 18.6 Å². The molecule has 0 saturated carbocycles. The summed E-state index contributed by atoms with van der Waals surface area (Å²) in [6.07, 6.45) is 0. The van der Waals surface area contributed by atoms with E-state index in [9.17, 15) is 5.11 Å². The molecule has 2 heteroatoms. The molecule has 1 aromatic rings. The molecule has 1 aliphatic rings. The second-order valence-corrected chi connectivity index (χ2v) is 3.39. The zero-order chi connectivity index (χ0) is 8.60. The molecule has 2 atom stereocenters. The Bertz CT molecular complexity index is 272. The van der Waals surface area contributed by atoms with Crippen LogP contribution in [0.1, 0.15) is 12.5 Å². The van der Waals surface area contributed by atoms with E-state index in [0.717, 1.165) is 5.56 Å². The molecule has 0 bridgehead atoms. The van der Waals surface area contributed by atoms with E-state index in [1.165, 1.54) is 0 Å². The third-order valence-electron chi connectivity index (χ3n) is 2.67. The van der Waals surface area contributed by atoms with Gasteiger partial charge in [0, 0.05) is 12.6 Å². The van der Waals surface area contributed by atoms with Crippen LogP contribution >= 0.6 is 0 Å². The van der Waals surface area contributed by atoms with Crippen LogP contribution in [-0.2, 0) is 5.60 Å². The van der Waals surface area contributed by atoms with Crippen molar-refractivity contribution in [3.05, 3.63) is 35.9 Å². The van der Waals surface area contributed by atoms with E-state index in [4.69, 9.17) is 0 Å². The summed E-state index contributed by atoms with van der Waals surface area (Å²) in [5.41, 5.74) is 0.373. The Morgan fingerprint density at radius 1 is 1.42 bits per heavy atom. The van der Waals surface area contributed by atoms with Crippen LogP contribution < -0.4 is 5.32 Å². The van der Waals surface area contributed by atoms with E-state index >= 15 is 0 Å². The predicted octanol–water partition coefficient (Wildman–Crippen LogP) is 0.866. The SMILES string of the molecule is CC1NCC1(O)c1ccccc1. The van der Waals surface area contributed by atoms with E-state index in [1.807, 2.05) is 37.3 Å². The molecule has 0 radical (unpaired) electrons. The topological polar surface area (TPSA) is 32.3 Å². The Morgan fingerprint density at radius 3 is 2.50 bits per heavy atom. The number of hydrogen-bond acceptors (Lipinski definition) is 2. The van der Waals surface area contributed by atoms with E-state index < -0.39 is 5.60 Å². The quantitative estimate of drug-likeness (QED) is 0.643. The Hall–Kier alpha value is -0.860. The van der Waals surface area contributed by atoms with Crippen molar-refractivity contribution < 1.29 is 5.11 Å². The molecule has 0 spiro atoms. The highest BCUT2D eigenvalue weighted by molar-refractivity contribution is 5.27. The lowest BCUT2D eigenvalue weighted by Gasteiger charge is -2.45. The van der Waals surface area contributed by atoms with Crippen molar-refractivity contribution in [2.75, 3.05) is 6.54 Å². The van der Waals surface area contributed by atoms with Gasteiger partial charge < -0.3 is 10.4 Å². The van der Waals surface area contributed by atoms with Gasteiger partial charge in [0.2, 0.25) is 0 Å². The first-order valence-electron chi connectivity index (χ1n) is 4.25. The normalized spacial score (nSPS) is 34.3. The summed E-state index contributed by atoms with van der Waals surface area (Å²) >= 11 is 0. The number of β-amino-alcohol motifs (C(OH)–C–C–N with tert-alkyl or cyclic N) is 1. The molecule has 1 aromatic carbocycles. The van der Waals surface area contributed by atoms with Gasteiger partial charge in [-0.3, -0.25) is 0 Å². The first-order chi connectivity index (χ1) is 5.73. The minimum absolute atomic E-state index is 0.167. The van der Waals surface area contributed by atoms with E-state index in [1.54, 1.807) is 0 Å². The third kappa shape index (κ3) is 0.958. The van der Waals surface area contributed by atoms with Gasteiger partial charge in [-0.1, -0.05) is 30.3 Å². The van der Waals surface area contributed by atoms with Crippen LogP contribution in [0.2, 0.25) is 0 Å². The minimum Gasteiger partial charge on any atom is -0.382 e. The molecule has 2 unspecified atom stereocenters. The lowest BCUT2D eigenvalue weighted by Crippen LogP contribution is -2.63. The molecule has 2 rings (SSSR count). The van der Waals surface area contributed by atoms with Crippen molar-refractivity contribution in [3.8, 4) is 0 Å². The summed E-state index contributed by atoms with van der Waals surface area (Å²) < 4.78 is 0. The summed E-state index contributed by atoms with van der Waals surface area (Å²) in [7, 11) is 0. The highest BCUT2D eigenvalue weighted by atomic mass is 16.3. The fourth-order valence-corrected chi connectivity index (χ4v) is 1.58. The number of hydrogen-bond donors (Lipinski definition) is 2. The second-order valence-electron chi connectivity index (χ2n) is 3.39.